The molecule has 0 aliphatic carbocycles. The normalized spacial score (nSPS) is 11.3. The SMILES string of the molecule is CC(C)Oc1cccc2c1ccn2Cc1nccs1. The molecule has 0 saturated carbocycles. The van der Waals surface area contributed by atoms with Crippen molar-refractivity contribution in [1.82, 2.24) is 9.55 Å². The van der Waals surface area contributed by atoms with E-state index in [0.717, 1.165) is 22.7 Å². The molecule has 0 fully saturated rings. The Morgan fingerprint density at radius 3 is 2.95 bits per heavy atom. The van der Waals surface area contributed by atoms with Crippen LogP contribution in [-0.2, 0) is 6.54 Å². The molecule has 0 N–H and O–H groups in total. The average molecular weight is 272 g/mol. The van der Waals surface area contributed by atoms with Gasteiger partial charge < -0.3 is 9.30 Å². The molecular formula is C15H16N2OS. The maximum atomic E-state index is 5.85. The van der Waals surface area contributed by atoms with Crippen LogP contribution in [0.25, 0.3) is 10.9 Å². The molecule has 98 valence electrons. The molecule has 4 heteroatoms. The maximum absolute atomic E-state index is 5.85. The lowest BCUT2D eigenvalue weighted by molar-refractivity contribution is 0.245. The number of hydrogen-bond donors (Lipinski definition) is 0. The van der Waals surface area contributed by atoms with E-state index in [4.69, 9.17) is 4.74 Å². The smallest absolute Gasteiger partial charge is 0.129 e. The van der Waals surface area contributed by atoms with E-state index in [1.165, 1.54) is 5.52 Å². The van der Waals surface area contributed by atoms with Crippen molar-refractivity contribution in [2.75, 3.05) is 0 Å². The highest BCUT2D eigenvalue weighted by Crippen LogP contribution is 2.28. The summed E-state index contributed by atoms with van der Waals surface area (Å²) in [6, 6.07) is 8.30. The molecule has 0 radical (unpaired) electrons. The zero-order chi connectivity index (χ0) is 13.2. The van der Waals surface area contributed by atoms with Gasteiger partial charge in [0.1, 0.15) is 10.8 Å². The van der Waals surface area contributed by atoms with Gasteiger partial charge >= 0.3 is 0 Å². The Bertz CT molecular complexity index is 671. The topological polar surface area (TPSA) is 27.1 Å². The number of hydrogen-bond acceptors (Lipinski definition) is 3. The van der Waals surface area contributed by atoms with Crippen molar-refractivity contribution in [2.45, 2.75) is 26.5 Å². The summed E-state index contributed by atoms with van der Waals surface area (Å²) in [5, 5.41) is 4.29. The van der Waals surface area contributed by atoms with Gasteiger partial charge in [0, 0.05) is 23.2 Å². The van der Waals surface area contributed by atoms with Gasteiger partial charge in [-0.25, -0.2) is 4.98 Å². The van der Waals surface area contributed by atoms with Gasteiger partial charge in [-0.05, 0) is 32.0 Å². The van der Waals surface area contributed by atoms with Gasteiger partial charge in [-0.1, -0.05) is 6.07 Å². The highest BCUT2D eigenvalue weighted by molar-refractivity contribution is 7.09. The first-order valence-electron chi connectivity index (χ1n) is 6.37. The second-order valence-electron chi connectivity index (χ2n) is 4.73. The first kappa shape index (κ1) is 12.2. The molecule has 0 spiro atoms. The van der Waals surface area contributed by atoms with Crippen LogP contribution in [0.15, 0.2) is 42.0 Å². The fourth-order valence-corrected chi connectivity index (χ4v) is 2.78. The van der Waals surface area contributed by atoms with Gasteiger partial charge in [-0.15, -0.1) is 11.3 Å². The van der Waals surface area contributed by atoms with Gasteiger partial charge in [0.05, 0.1) is 18.2 Å². The van der Waals surface area contributed by atoms with E-state index in [1.807, 2.05) is 37.6 Å². The molecule has 3 aromatic rings. The molecule has 0 saturated heterocycles. The summed E-state index contributed by atoms with van der Waals surface area (Å²) in [4.78, 5) is 4.34. The van der Waals surface area contributed by atoms with Crippen molar-refractivity contribution >= 4 is 22.2 Å². The summed E-state index contributed by atoms with van der Waals surface area (Å²) >= 11 is 1.68. The minimum Gasteiger partial charge on any atom is -0.490 e. The highest BCUT2D eigenvalue weighted by atomic mass is 32.1. The molecule has 2 aromatic heterocycles. The van der Waals surface area contributed by atoms with Crippen LogP contribution in [-0.4, -0.2) is 15.7 Å². The van der Waals surface area contributed by atoms with Crippen LogP contribution in [0.3, 0.4) is 0 Å². The van der Waals surface area contributed by atoms with Crippen LogP contribution in [0, 0.1) is 0 Å². The number of nitrogens with zero attached hydrogens (tertiary/aromatic N) is 2. The molecule has 19 heavy (non-hydrogen) atoms. The van der Waals surface area contributed by atoms with Crippen molar-refractivity contribution in [2.24, 2.45) is 0 Å². The summed E-state index contributed by atoms with van der Waals surface area (Å²) in [6.45, 7) is 4.91. The van der Waals surface area contributed by atoms with E-state index in [9.17, 15) is 0 Å². The molecule has 0 bridgehead atoms. The fourth-order valence-electron chi connectivity index (χ4n) is 2.17. The molecule has 3 rings (SSSR count). The van der Waals surface area contributed by atoms with E-state index in [-0.39, 0.29) is 6.10 Å². The van der Waals surface area contributed by atoms with Crippen LogP contribution >= 0.6 is 11.3 Å². The third-order valence-corrected chi connectivity index (χ3v) is 3.69. The Balaban J connectivity index is 1.99. The van der Waals surface area contributed by atoms with E-state index in [0.29, 0.717) is 0 Å². The van der Waals surface area contributed by atoms with Gasteiger partial charge in [-0.3, -0.25) is 0 Å². The van der Waals surface area contributed by atoms with Crippen molar-refractivity contribution in [1.29, 1.82) is 0 Å². The molecular weight excluding hydrogens is 256 g/mol. The minimum absolute atomic E-state index is 0.188. The lowest BCUT2D eigenvalue weighted by Gasteiger charge is -2.11. The van der Waals surface area contributed by atoms with Crippen LogP contribution in [0.4, 0.5) is 0 Å². The van der Waals surface area contributed by atoms with Crippen molar-refractivity contribution in [3.63, 3.8) is 0 Å². The maximum Gasteiger partial charge on any atom is 0.129 e. The zero-order valence-corrected chi connectivity index (χ0v) is 11.9. The summed E-state index contributed by atoms with van der Waals surface area (Å²) in [5.74, 6) is 0.949. The third kappa shape index (κ3) is 2.49. The summed E-state index contributed by atoms with van der Waals surface area (Å²) in [5.41, 5.74) is 1.19. The highest BCUT2D eigenvalue weighted by Gasteiger charge is 2.08. The van der Waals surface area contributed by atoms with Crippen LogP contribution in [0.5, 0.6) is 5.75 Å². The molecule has 0 unspecified atom stereocenters. The summed E-state index contributed by atoms with van der Waals surface area (Å²) in [7, 11) is 0. The summed E-state index contributed by atoms with van der Waals surface area (Å²) in [6.07, 6.45) is 4.13. The van der Waals surface area contributed by atoms with Crippen LogP contribution in [0.1, 0.15) is 18.9 Å². The van der Waals surface area contributed by atoms with Crippen LogP contribution < -0.4 is 4.74 Å². The molecule has 0 aliphatic rings. The lowest BCUT2D eigenvalue weighted by atomic mass is 10.2. The van der Waals surface area contributed by atoms with Gasteiger partial charge in [0.2, 0.25) is 0 Å². The minimum atomic E-state index is 0.188. The van der Waals surface area contributed by atoms with E-state index >= 15 is 0 Å². The van der Waals surface area contributed by atoms with Crippen molar-refractivity contribution < 1.29 is 4.74 Å². The Morgan fingerprint density at radius 2 is 2.21 bits per heavy atom. The molecule has 2 heterocycles. The molecule has 0 atom stereocenters. The average Bonchev–Trinajstić information content (AvgIpc) is 3.00. The van der Waals surface area contributed by atoms with Gasteiger partial charge in [0.15, 0.2) is 0 Å². The second kappa shape index (κ2) is 5.05. The third-order valence-electron chi connectivity index (χ3n) is 2.93. The first-order chi connectivity index (χ1) is 9.24. The molecule has 0 aliphatic heterocycles. The standard InChI is InChI=1S/C15H16N2OS/c1-11(2)18-14-5-3-4-13-12(14)6-8-17(13)10-15-16-7-9-19-15/h3-9,11H,10H2,1-2H3. The van der Waals surface area contributed by atoms with Gasteiger partial charge in [0.25, 0.3) is 0 Å². The quantitative estimate of drug-likeness (QED) is 0.719. The Hall–Kier alpha value is -1.81. The fraction of sp³-hybridized carbons (Fsp3) is 0.267. The number of fused-ring (bicyclic) bond motifs is 1. The van der Waals surface area contributed by atoms with E-state index < -0.39 is 0 Å². The first-order valence-corrected chi connectivity index (χ1v) is 7.25. The van der Waals surface area contributed by atoms with E-state index in [1.54, 1.807) is 11.3 Å². The van der Waals surface area contributed by atoms with Crippen molar-refractivity contribution in [3.8, 4) is 5.75 Å². The van der Waals surface area contributed by atoms with Gasteiger partial charge in [-0.2, -0.15) is 0 Å². The monoisotopic (exact) mass is 272 g/mol. The number of thiazole rings is 1. The predicted octanol–water partition coefficient (Wildman–Crippen LogP) is 3.93. The number of aromatic nitrogens is 2. The van der Waals surface area contributed by atoms with Crippen molar-refractivity contribution in [3.05, 3.63) is 47.0 Å². The molecule has 3 nitrogen and oxygen atoms in total. The largest absolute Gasteiger partial charge is 0.490 e. The molecule has 0 amide bonds. The Morgan fingerprint density at radius 1 is 1.32 bits per heavy atom. The zero-order valence-electron chi connectivity index (χ0n) is 11.0. The number of ether oxygens (including phenoxy) is 1. The van der Waals surface area contributed by atoms with E-state index in [2.05, 4.69) is 27.9 Å². The predicted molar refractivity (Wildman–Crippen MR) is 78.9 cm³/mol. The number of rotatable bonds is 4. The Labute approximate surface area is 116 Å². The Kier molecular flexibility index (Phi) is 3.25. The summed E-state index contributed by atoms with van der Waals surface area (Å²) < 4.78 is 8.06. The van der Waals surface area contributed by atoms with Crippen LogP contribution in [0.2, 0.25) is 0 Å². The molecule has 1 aromatic carbocycles. The number of benzene rings is 1. The second-order valence-corrected chi connectivity index (χ2v) is 5.70. The lowest BCUT2D eigenvalue weighted by Crippen LogP contribution is -2.05.